The standard InChI is InChI=1S/C20H23N3O3S/c1-11-17(20(25)26-5)12(2)21-18(11)15(24)10-23(4)13(3)19-22-14-8-6-7-9-16(14)27-19/h6-9,13,21H,10H2,1-5H3/p+1/t13-/m0/s1. The van der Waals surface area contributed by atoms with Crippen LogP contribution in [0.15, 0.2) is 24.3 Å². The second-order valence-electron chi connectivity index (χ2n) is 6.80. The molecule has 142 valence electrons. The highest BCUT2D eigenvalue weighted by molar-refractivity contribution is 7.18. The number of nitrogens with one attached hydrogen (secondary N) is 2. The Morgan fingerprint density at radius 2 is 2.00 bits per heavy atom. The number of quaternary nitrogens is 1. The molecule has 0 radical (unpaired) electrons. The smallest absolute Gasteiger partial charge is 0.339 e. The second-order valence-corrected chi connectivity index (χ2v) is 7.87. The van der Waals surface area contributed by atoms with E-state index in [1.54, 1.807) is 25.2 Å². The van der Waals surface area contributed by atoms with Crippen molar-refractivity contribution in [3.05, 3.63) is 51.8 Å². The molecule has 2 N–H and O–H groups in total. The highest BCUT2D eigenvalue weighted by atomic mass is 32.1. The molecule has 0 fully saturated rings. The number of Topliss-reactive ketones (excluding diaryl/α,β-unsaturated/α-hetero) is 1. The van der Waals surface area contributed by atoms with Gasteiger partial charge in [0, 0.05) is 5.69 Å². The third-order valence-corrected chi connectivity index (χ3v) is 6.18. The van der Waals surface area contributed by atoms with Gasteiger partial charge in [0.25, 0.3) is 0 Å². The molecular formula is C20H24N3O3S+. The highest BCUT2D eigenvalue weighted by Crippen LogP contribution is 2.25. The van der Waals surface area contributed by atoms with E-state index in [4.69, 9.17) is 9.72 Å². The summed E-state index contributed by atoms with van der Waals surface area (Å²) in [6.07, 6.45) is 0. The fraction of sp³-hybridized carbons (Fsp3) is 0.350. The summed E-state index contributed by atoms with van der Waals surface area (Å²) >= 11 is 1.66. The minimum Gasteiger partial charge on any atom is -0.465 e. The number of methoxy groups -OCH3 is 1. The van der Waals surface area contributed by atoms with Gasteiger partial charge in [-0.2, -0.15) is 0 Å². The van der Waals surface area contributed by atoms with Crippen LogP contribution in [0.1, 0.15) is 50.1 Å². The van der Waals surface area contributed by atoms with Gasteiger partial charge in [-0.1, -0.05) is 12.1 Å². The molecule has 2 atom stereocenters. The predicted molar refractivity (Wildman–Crippen MR) is 106 cm³/mol. The van der Waals surface area contributed by atoms with Gasteiger partial charge in [0.15, 0.2) is 5.01 Å². The van der Waals surface area contributed by atoms with Crippen molar-refractivity contribution in [3.63, 3.8) is 0 Å². The molecule has 0 aliphatic rings. The van der Waals surface area contributed by atoms with Gasteiger partial charge >= 0.3 is 5.97 Å². The Hall–Kier alpha value is -2.51. The largest absolute Gasteiger partial charge is 0.465 e. The lowest BCUT2D eigenvalue weighted by atomic mass is 10.1. The number of aryl methyl sites for hydroxylation is 1. The van der Waals surface area contributed by atoms with E-state index in [0.717, 1.165) is 20.1 Å². The average Bonchev–Trinajstić information content (AvgIpc) is 3.21. The number of ether oxygens (including phenoxy) is 1. The summed E-state index contributed by atoms with van der Waals surface area (Å²) in [6.45, 7) is 5.93. The topological polar surface area (TPSA) is 76.5 Å². The van der Waals surface area contributed by atoms with Crippen LogP contribution in [0.5, 0.6) is 0 Å². The van der Waals surface area contributed by atoms with Crippen LogP contribution in [0, 0.1) is 13.8 Å². The van der Waals surface area contributed by atoms with Crippen LogP contribution < -0.4 is 4.90 Å². The van der Waals surface area contributed by atoms with E-state index >= 15 is 0 Å². The quantitative estimate of drug-likeness (QED) is 0.504. The lowest BCUT2D eigenvalue weighted by Gasteiger charge is -2.19. The number of para-hydroxylation sites is 1. The summed E-state index contributed by atoms with van der Waals surface area (Å²) in [5, 5.41) is 1.01. The monoisotopic (exact) mass is 386 g/mol. The number of hydrogen-bond acceptors (Lipinski definition) is 5. The first kappa shape index (κ1) is 19.3. The SMILES string of the molecule is COC(=O)c1c(C)[nH]c(C(=O)C[NH+](C)[C@@H](C)c2nc3ccccc3s2)c1C. The zero-order valence-electron chi connectivity index (χ0n) is 16.2. The first-order valence-electron chi connectivity index (χ1n) is 8.82. The molecule has 27 heavy (non-hydrogen) atoms. The summed E-state index contributed by atoms with van der Waals surface area (Å²) in [7, 11) is 3.33. The molecule has 0 saturated carbocycles. The molecular weight excluding hydrogens is 362 g/mol. The number of carbonyl (C=O) groups is 2. The third kappa shape index (κ3) is 3.65. The average molecular weight is 386 g/mol. The van der Waals surface area contributed by atoms with E-state index in [0.29, 0.717) is 29.1 Å². The van der Waals surface area contributed by atoms with Crippen LogP contribution in [0.3, 0.4) is 0 Å². The number of fused-ring (bicyclic) bond motifs is 1. The normalized spacial score (nSPS) is 13.5. The third-order valence-electron chi connectivity index (χ3n) is 4.97. The molecule has 3 aromatic rings. The number of esters is 1. The zero-order valence-corrected chi connectivity index (χ0v) is 17.0. The highest BCUT2D eigenvalue weighted by Gasteiger charge is 2.27. The number of H-pyrrole nitrogens is 1. The number of rotatable bonds is 6. The maximum Gasteiger partial charge on any atom is 0.339 e. The number of hydrogen-bond donors (Lipinski definition) is 2. The van der Waals surface area contributed by atoms with E-state index in [2.05, 4.69) is 18.0 Å². The van der Waals surface area contributed by atoms with Crippen LogP contribution in [-0.4, -0.2) is 42.4 Å². The van der Waals surface area contributed by atoms with Crippen molar-refractivity contribution >= 4 is 33.3 Å². The minimum absolute atomic E-state index is 0.0313. The second kappa shape index (κ2) is 7.62. The van der Waals surface area contributed by atoms with E-state index in [1.165, 1.54) is 7.11 Å². The Morgan fingerprint density at radius 1 is 1.30 bits per heavy atom. The Balaban J connectivity index is 1.78. The van der Waals surface area contributed by atoms with Gasteiger partial charge in [-0.15, -0.1) is 11.3 Å². The number of benzene rings is 1. The lowest BCUT2D eigenvalue weighted by molar-refractivity contribution is -0.901. The Labute approximate surface area is 162 Å². The maximum absolute atomic E-state index is 12.8. The van der Waals surface area contributed by atoms with Crippen LogP contribution in [0.4, 0.5) is 0 Å². The van der Waals surface area contributed by atoms with Gasteiger partial charge in [-0.25, -0.2) is 9.78 Å². The Kier molecular flexibility index (Phi) is 5.43. The molecule has 6 nitrogen and oxygen atoms in total. The minimum atomic E-state index is -0.427. The molecule has 0 aliphatic heterocycles. The van der Waals surface area contributed by atoms with Crippen LogP contribution in [-0.2, 0) is 4.74 Å². The van der Waals surface area contributed by atoms with Crippen molar-refractivity contribution in [2.75, 3.05) is 20.7 Å². The zero-order chi connectivity index (χ0) is 19.7. The maximum atomic E-state index is 12.8. The van der Waals surface area contributed by atoms with Gasteiger partial charge in [0.1, 0.15) is 12.6 Å². The number of aromatic nitrogens is 2. The van der Waals surface area contributed by atoms with Gasteiger partial charge in [-0.05, 0) is 38.5 Å². The summed E-state index contributed by atoms with van der Waals surface area (Å²) in [4.78, 5) is 33.6. The van der Waals surface area contributed by atoms with Crippen molar-refractivity contribution in [3.8, 4) is 0 Å². The van der Waals surface area contributed by atoms with Crippen molar-refractivity contribution in [1.29, 1.82) is 0 Å². The molecule has 0 bridgehead atoms. The fourth-order valence-corrected chi connectivity index (χ4v) is 4.33. The predicted octanol–water partition coefficient (Wildman–Crippen LogP) is 2.49. The lowest BCUT2D eigenvalue weighted by Crippen LogP contribution is -3.09. The van der Waals surface area contributed by atoms with Crippen molar-refractivity contribution < 1.29 is 19.2 Å². The van der Waals surface area contributed by atoms with E-state index in [-0.39, 0.29) is 11.8 Å². The number of carbonyl (C=O) groups excluding carboxylic acids is 2. The molecule has 7 heteroatoms. The number of likely N-dealkylation sites (N-methyl/N-ethyl adjacent to an activating group) is 1. The van der Waals surface area contributed by atoms with E-state index < -0.39 is 5.97 Å². The fourth-order valence-electron chi connectivity index (χ4n) is 3.22. The Morgan fingerprint density at radius 3 is 2.67 bits per heavy atom. The number of aromatic amines is 1. The molecule has 1 aromatic carbocycles. The number of thiazole rings is 1. The van der Waals surface area contributed by atoms with Gasteiger partial charge in [0.05, 0.1) is 35.6 Å². The first-order chi connectivity index (χ1) is 12.8. The molecule has 3 rings (SSSR count). The van der Waals surface area contributed by atoms with Crippen molar-refractivity contribution in [2.45, 2.75) is 26.8 Å². The van der Waals surface area contributed by atoms with E-state index in [9.17, 15) is 9.59 Å². The molecule has 2 heterocycles. The van der Waals surface area contributed by atoms with Gasteiger partial charge in [0.2, 0.25) is 5.78 Å². The summed E-state index contributed by atoms with van der Waals surface area (Å²) in [6, 6.07) is 8.13. The van der Waals surface area contributed by atoms with Crippen LogP contribution in [0.25, 0.3) is 10.2 Å². The molecule has 0 aliphatic carbocycles. The number of ketones is 1. The first-order valence-corrected chi connectivity index (χ1v) is 9.63. The Bertz CT molecular complexity index is 972. The molecule has 1 unspecified atom stereocenters. The molecule has 0 spiro atoms. The summed E-state index contributed by atoms with van der Waals surface area (Å²) < 4.78 is 5.96. The summed E-state index contributed by atoms with van der Waals surface area (Å²) in [5.74, 6) is -0.458. The van der Waals surface area contributed by atoms with Crippen LogP contribution in [0.2, 0.25) is 0 Å². The van der Waals surface area contributed by atoms with Gasteiger partial charge < -0.3 is 14.6 Å². The summed E-state index contributed by atoms with van der Waals surface area (Å²) in [5.41, 5.74) is 3.20. The van der Waals surface area contributed by atoms with Crippen molar-refractivity contribution in [1.82, 2.24) is 9.97 Å². The van der Waals surface area contributed by atoms with Gasteiger partial charge in [-0.3, -0.25) is 4.79 Å². The molecule has 0 amide bonds. The van der Waals surface area contributed by atoms with Crippen LogP contribution >= 0.6 is 11.3 Å². The van der Waals surface area contributed by atoms with E-state index in [1.807, 2.05) is 25.2 Å². The number of nitrogens with zero attached hydrogens (tertiary/aromatic N) is 1. The molecule has 0 saturated heterocycles. The molecule has 2 aromatic heterocycles. The van der Waals surface area contributed by atoms with Crippen molar-refractivity contribution in [2.24, 2.45) is 0 Å².